The first-order valence-corrected chi connectivity index (χ1v) is 6.23. The molecule has 2 nitrogen and oxygen atoms in total. The Balaban J connectivity index is 2.76. The van der Waals surface area contributed by atoms with Gasteiger partial charge in [-0.15, -0.1) is 0 Å². The van der Waals surface area contributed by atoms with Gasteiger partial charge in [-0.3, -0.25) is 4.79 Å². The van der Waals surface area contributed by atoms with Crippen LogP contribution in [0.5, 0.6) is 0 Å². The van der Waals surface area contributed by atoms with Crippen molar-refractivity contribution in [2.45, 2.75) is 40.2 Å². The molecule has 18 heavy (non-hydrogen) atoms. The molecule has 3 heteroatoms. The van der Waals surface area contributed by atoms with Gasteiger partial charge in [0, 0.05) is 13.0 Å². The minimum atomic E-state index is -0.424. The largest absolute Gasteiger partial charge is 0.370 e. The molecule has 0 bridgehead atoms. The van der Waals surface area contributed by atoms with E-state index in [2.05, 4.69) is 0 Å². The van der Waals surface area contributed by atoms with Crippen molar-refractivity contribution < 1.29 is 13.9 Å². The highest BCUT2D eigenvalue weighted by atomic mass is 19.1. The zero-order valence-corrected chi connectivity index (χ0v) is 11.5. The van der Waals surface area contributed by atoms with Gasteiger partial charge >= 0.3 is 0 Å². The van der Waals surface area contributed by atoms with Crippen LogP contribution in [0.4, 0.5) is 4.39 Å². The van der Waals surface area contributed by atoms with E-state index < -0.39 is 6.10 Å². The first-order chi connectivity index (χ1) is 8.34. The van der Waals surface area contributed by atoms with E-state index in [1.807, 2.05) is 27.7 Å². The fourth-order valence-electron chi connectivity index (χ4n) is 1.89. The molecule has 1 rings (SSSR count). The van der Waals surface area contributed by atoms with Gasteiger partial charge in [0.25, 0.3) is 0 Å². The molecule has 0 fully saturated rings. The van der Waals surface area contributed by atoms with E-state index in [0.717, 1.165) is 5.56 Å². The Labute approximate surface area is 108 Å². The lowest BCUT2D eigenvalue weighted by atomic mass is 9.84. The molecular formula is C15H21FO2. The molecule has 0 amide bonds. The maximum atomic E-state index is 12.8. The maximum absolute atomic E-state index is 12.8. The average Bonchev–Trinajstić information content (AvgIpc) is 2.27. The third-order valence-corrected chi connectivity index (χ3v) is 2.70. The highest BCUT2D eigenvalue weighted by molar-refractivity contribution is 5.85. The van der Waals surface area contributed by atoms with E-state index in [1.54, 1.807) is 12.1 Å². The Morgan fingerprint density at radius 1 is 1.28 bits per heavy atom. The smallest absolute Gasteiger partial charge is 0.166 e. The number of ketones is 1. The van der Waals surface area contributed by atoms with Crippen LogP contribution in [0, 0.1) is 11.2 Å². The van der Waals surface area contributed by atoms with Crippen LogP contribution < -0.4 is 0 Å². The van der Waals surface area contributed by atoms with Crippen LogP contribution in [0.2, 0.25) is 0 Å². The Kier molecular flexibility index (Phi) is 5.03. The minimum Gasteiger partial charge on any atom is -0.370 e. The normalized spacial score (nSPS) is 13.4. The number of hydrogen-bond acceptors (Lipinski definition) is 2. The van der Waals surface area contributed by atoms with Gasteiger partial charge in [-0.25, -0.2) is 4.39 Å². The molecule has 0 N–H and O–H groups in total. The second-order valence-electron chi connectivity index (χ2n) is 5.47. The lowest BCUT2D eigenvalue weighted by molar-refractivity contribution is -0.136. The predicted octanol–water partition coefficient (Wildman–Crippen LogP) is 3.39. The second-order valence-corrected chi connectivity index (χ2v) is 5.47. The number of carbonyl (C=O) groups is 1. The van der Waals surface area contributed by atoms with E-state index in [4.69, 9.17) is 4.74 Å². The van der Waals surface area contributed by atoms with Gasteiger partial charge in [0.05, 0.1) is 0 Å². The standard InChI is InChI=1S/C15H21FO2/c1-5-18-14(15(2,3)4)13(17)10-11-6-8-12(16)9-7-11/h6-9,14H,5,10H2,1-4H3. The molecule has 1 aromatic rings. The SMILES string of the molecule is CCOC(C(=O)Cc1ccc(F)cc1)C(C)(C)C. The first-order valence-electron chi connectivity index (χ1n) is 6.23. The molecular weight excluding hydrogens is 231 g/mol. The average molecular weight is 252 g/mol. The van der Waals surface area contributed by atoms with Crippen LogP contribution in [0.3, 0.4) is 0 Å². The van der Waals surface area contributed by atoms with Gasteiger partial charge in [0.1, 0.15) is 11.9 Å². The van der Waals surface area contributed by atoms with Gasteiger partial charge in [-0.2, -0.15) is 0 Å². The zero-order chi connectivity index (χ0) is 13.8. The number of hydrogen-bond donors (Lipinski definition) is 0. The Morgan fingerprint density at radius 3 is 2.28 bits per heavy atom. The van der Waals surface area contributed by atoms with Gasteiger partial charge in [0.15, 0.2) is 5.78 Å². The fourth-order valence-corrected chi connectivity index (χ4v) is 1.89. The Morgan fingerprint density at radius 2 is 1.83 bits per heavy atom. The Hall–Kier alpha value is -1.22. The third-order valence-electron chi connectivity index (χ3n) is 2.70. The van der Waals surface area contributed by atoms with E-state index in [1.165, 1.54) is 12.1 Å². The van der Waals surface area contributed by atoms with Crippen molar-refractivity contribution in [2.24, 2.45) is 5.41 Å². The van der Waals surface area contributed by atoms with Crippen molar-refractivity contribution in [2.75, 3.05) is 6.61 Å². The highest BCUT2D eigenvalue weighted by Gasteiger charge is 2.31. The van der Waals surface area contributed by atoms with Gasteiger partial charge < -0.3 is 4.74 Å². The lowest BCUT2D eigenvalue weighted by Crippen LogP contribution is -2.38. The van der Waals surface area contributed by atoms with E-state index in [9.17, 15) is 9.18 Å². The van der Waals surface area contributed by atoms with Crippen LogP contribution in [-0.2, 0) is 16.0 Å². The quantitative estimate of drug-likeness (QED) is 0.803. The number of benzene rings is 1. The van der Waals surface area contributed by atoms with Crippen LogP contribution in [0.1, 0.15) is 33.3 Å². The molecule has 0 aliphatic carbocycles. The van der Waals surface area contributed by atoms with Crippen LogP contribution in [0.15, 0.2) is 24.3 Å². The maximum Gasteiger partial charge on any atom is 0.166 e. The van der Waals surface area contributed by atoms with E-state index in [-0.39, 0.29) is 23.4 Å². The lowest BCUT2D eigenvalue weighted by Gasteiger charge is -2.29. The third kappa shape index (κ3) is 4.22. The molecule has 100 valence electrons. The summed E-state index contributed by atoms with van der Waals surface area (Å²) in [4.78, 5) is 12.2. The summed E-state index contributed by atoms with van der Waals surface area (Å²) in [5.74, 6) is -0.251. The van der Waals surface area contributed by atoms with Gasteiger partial charge in [-0.05, 0) is 30.0 Å². The molecule has 0 spiro atoms. The van der Waals surface area contributed by atoms with Gasteiger partial charge in [-0.1, -0.05) is 32.9 Å². The van der Waals surface area contributed by atoms with Crippen molar-refractivity contribution in [1.82, 2.24) is 0 Å². The van der Waals surface area contributed by atoms with Crippen LogP contribution in [0.25, 0.3) is 0 Å². The molecule has 0 aliphatic heterocycles. The summed E-state index contributed by atoms with van der Waals surface area (Å²) < 4.78 is 18.3. The summed E-state index contributed by atoms with van der Waals surface area (Å²) in [6.07, 6.45) is -0.144. The van der Waals surface area contributed by atoms with Crippen LogP contribution >= 0.6 is 0 Å². The molecule has 0 saturated carbocycles. The molecule has 1 atom stereocenters. The Bertz CT molecular complexity index is 390. The fraction of sp³-hybridized carbons (Fsp3) is 0.533. The van der Waals surface area contributed by atoms with Crippen molar-refractivity contribution in [3.63, 3.8) is 0 Å². The van der Waals surface area contributed by atoms with Gasteiger partial charge in [0.2, 0.25) is 0 Å². The van der Waals surface area contributed by atoms with Crippen molar-refractivity contribution in [3.05, 3.63) is 35.6 Å². The number of Topliss-reactive ketones (excluding diaryl/α,β-unsaturated/α-hetero) is 1. The topological polar surface area (TPSA) is 26.3 Å². The molecule has 0 radical (unpaired) electrons. The second kappa shape index (κ2) is 6.10. The summed E-state index contributed by atoms with van der Waals surface area (Å²) in [5.41, 5.74) is 0.586. The molecule has 0 heterocycles. The summed E-state index contributed by atoms with van der Waals surface area (Å²) in [5, 5.41) is 0. The van der Waals surface area contributed by atoms with Crippen molar-refractivity contribution in [3.8, 4) is 0 Å². The monoisotopic (exact) mass is 252 g/mol. The van der Waals surface area contributed by atoms with E-state index in [0.29, 0.717) is 6.61 Å². The molecule has 1 unspecified atom stereocenters. The number of carbonyl (C=O) groups excluding carboxylic acids is 1. The summed E-state index contributed by atoms with van der Waals surface area (Å²) in [7, 11) is 0. The van der Waals surface area contributed by atoms with Crippen molar-refractivity contribution >= 4 is 5.78 Å². The van der Waals surface area contributed by atoms with E-state index >= 15 is 0 Å². The number of ether oxygens (including phenoxy) is 1. The minimum absolute atomic E-state index is 0.0379. The predicted molar refractivity (Wildman–Crippen MR) is 70.0 cm³/mol. The summed E-state index contributed by atoms with van der Waals surface area (Å²) in [6, 6.07) is 6.02. The number of halogens is 1. The zero-order valence-electron chi connectivity index (χ0n) is 11.5. The first kappa shape index (κ1) is 14.8. The van der Waals surface area contributed by atoms with Crippen LogP contribution in [-0.4, -0.2) is 18.5 Å². The highest BCUT2D eigenvalue weighted by Crippen LogP contribution is 2.24. The molecule has 0 aliphatic rings. The molecule has 1 aromatic carbocycles. The van der Waals surface area contributed by atoms with Crippen molar-refractivity contribution in [1.29, 1.82) is 0 Å². The molecule has 0 aromatic heterocycles. The molecule has 0 saturated heterocycles. The summed E-state index contributed by atoms with van der Waals surface area (Å²) in [6.45, 7) is 8.34. The summed E-state index contributed by atoms with van der Waals surface area (Å²) >= 11 is 0. The number of rotatable bonds is 5.